The predicted octanol–water partition coefficient (Wildman–Crippen LogP) is 2.43. The lowest BCUT2D eigenvalue weighted by Crippen LogP contribution is -2.38. The van der Waals surface area contributed by atoms with E-state index < -0.39 is 0 Å². The zero-order valence-corrected chi connectivity index (χ0v) is 12.0. The summed E-state index contributed by atoms with van der Waals surface area (Å²) in [4.78, 5) is 14.4. The molecule has 18 heavy (non-hydrogen) atoms. The van der Waals surface area contributed by atoms with Crippen LogP contribution in [-0.2, 0) is 4.79 Å². The van der Waals surface area contributed by atoms with Crippen LogP contribution < -0.4 is 0 Å². The van der Waals surface area contributed by atoms with E-state index in [1.54, 1.807) is 0 Å². The van der Waals surface area contributed by atoms with Crippen molar-refractivity contribution < 1.29 is 9.90 Å². The number of rotatable bonds is 2. The Kier molecular flexibility index (Phi) is 4.00. The Morgan fingerprint density at radius 1 is 1.28 bits per heavy atom. The van der Waals surface area contributed by atoms with E-state index in [4.69, 9.17) is 0 Å². The Balaban J connectivity index is 1.86. The van der Waals surface area contributed by atoms with Gasteiger partial charge in [0.2, 0.25) is 5.91 Å². The molecule has 3 heteroatoms. The number of aliphatic hydroxyl groups is 1. The zero-order chi connectivity index (χ0) is 13.3. The van der Waals surface area contributed by atoms with Gasteiger partial charge < -0.3 is 10.0 Å². The molecule has 0 bridgehead atoms. The maximum absolute atomic E-state index is 12.4. The molecule has 0 aromatic heterocycles. The molecule has 104 valence electrons. The third-order valence-electron chi connectivity index (χ3n) is 4.91. The van der Waals surface area contributed by atoms with Gasteiger partial charge in [-0.2, -0.15) is 0 Å². The highest BCUT2D eigenvalue weighted by molar-refractivity contribution is 5.79. The Morgan fingerprint density at radius 3 is 2.39 bits per heavy atom. The molecule has 2 rings (SSSR count). The number of carbonyl (C=O) groups excluding carboxylic acids is 1. The second-order valence-corrected chi connectivity index (χ2v) is 7.01. The van der Waals surface area contributed by atoms with Crippen LogP contribution in [0.4, 0.5) is 0 Å². The van der Waals surface area contributed by atoms with E-state index in [2.05, 4.69) is 13.8 Å². The van der Waals surface area contributed by atoms with Gasteiger partial charge >= 0.3 is 0 Å². The molecule has 0 aromatic rings. The van der Waals surface area contributed by atoms with Crippen LogP contribution in [0.5, 0.6) is 0 Å². The molecule has 1 saturated heterocycles. The van der Waals surface area contributed by atoms with E-state index in [1.165, 1.54) is 0 Å². The van der Waals surface area contributed by atoms with Crippen LogP contribution in [0.2, 0.25) is 0 Å². The molecule has 0 aromatic carbocycles. The summed E-state index contributed by atoms with van der Waals surface area (Å²) in [5.74, 6) is 0.869. The number of amides is 1. The van der Waals surface area contributed by atoms with Gasteiger partial charge in [-0.15, -0.1) is 0 Å². The van der Waals surface area contributed by atoms with E-state index in [0.29, 0.717) is 11.3 Å². The third-order valence-corrected chi connectivity index (χ3v) is 4.91. The largest absolute Gasteiger partial charge is 0.393 e. The van der Waals surface area contributed by atoms with Crippen LogP contribution in [0, 0.1) is 17.3 Å². The SMILES string of the molecule is CC(O)C1CCN(C(=O)C2CCC(C)(C)CC2)C1. The fourth-order valence-electron chi connectivity index (χ4n) is 3.29. The normalized spacial score (nSPS) is 30.4. The Morgan fingerprint density at radius 2 is 1.89 bits per heavy atom. The van der Waals surface area contributed by atoms with Crippen molar-refractivity contribution in [2.24, 2.45) is 17.3 Å². The minimum Gasteiger partial charge on any atom is -0.393 e. The van der Waals surface area contributed by atoms with Gasteiger partial charge in [0.1, 0.15) is 0 Å². The van der Waals surface area contributed by atoms with Crippen LogP contribution in [0.15, 0.2) is 0 Å². The van der Waals surface area contributed by atoms with E-state index in [0.717, 1.165) is 45.2 Å². The van der Waals surface area contributed by atoms with Crippen LogP contribution in [0.3, 0.4) is 0 Å². The molecule has 2 atom stereocenters. The molecule has 2 fully saturated rings. The lowest BCUT2D eigenvalue weighted by atomic mass is 9.73. The van der Waals surface area contributed by atoms with E-state index in [1.807, 2.05) is 11.8 Å². The maximum Gasteiger partial charge on any atom is 0.225 e. The summed E-state index contributed by atoms with van der Waals surface area (Å²) in [6, 6.07) is 0. The fraction of sp³-hybridized carbons (Fsp3) is 0.933. The van der Waals surface area contributed by atoms with Crippen molar-refractivity contribution in [2.75, 3.05) is 13.1 Å². The summed E-state index contributed by atoms with van der Waals surface area (Å²) < 4.78 is 0. The smallest absolute Gasteiger partial charge is 0.225 e. The predicted molar refractivity (Wildman–Crippen MR) is 72.1 cm³/mol. The van der Waals surface area contributed by atoms with Crippen LogP contribution in [0.1, 0.15) is 52.9 Å². The van der Waals surface area contributed by atoms with Crippen molar-refractivity contribution in [1.29, 1.82) is 0 Å². The highest BCUT2D eigenvalue weighted by Gasteiger charge is 2.36. The minimum atomic E-state index is -0.284. The van der Waals surface area contributed by atoms with Gasteiger partial charge in [-0.25, -0.2) is 0 Å². The first-order valence-electron chi connectivity index (χ1n) is 7.36. The Labute approximate surface area is 111 Å². The van der Waals surface area contributed by atoms with Crippen LogP contribution >= 0.6 is 0 Å². The highest BCUT2D eigenvalue weighted by atomic mass is 16.3. The molecule has 1 aliphatic heterocycles. The number of hydrogen-bond donors (Lipinski definition) is 1. The maximum atomic E-state index is 12.4. The lowest BCUT2D eigenvalue weighted by molar-refractivity contribution is -0.136. The van der Waals surface area contributed by atoms with Crippen molar-refractivity contribution in [3.8, 4) is 0 Å². The van der Waals surface area contributed by atoms with Gasteiger partial charge in [-0.05, 0) is 44.4 Å². The quantitative estimate of drug-likeness (QED) is 0.821. The van der Waals surface area contributed by atoms with Crippen LogP contribution in [-0.4, -0.2) is 35.1 Å². The molecule has 1 N–H and O–H groups in total. The third kappa shape index (κ3) is 3.05. The molecule has 3 nitrogen and oxygen atoms in total. The van der Waals surface area contributed by atoms with Gasteiger partial charge in [-0.1, -0.05) is 13.8 Å². The average Bonchev–Trinajstić information content (AvgIpc) is 2.77. The number of hydrogen-bond acceptors (Lipinski definition) is 2. The first kappa shape index (κ1) is 13.9. The number of nitrogens with zero attached hydrogens (tertiary/aromatic N) is 1. The van der Waals surface area contributed by atoms with Crippen molar-refractivity contribution >= 4 is 5.91 Å². The van der Waals surface area contributed by atoms with Crippen molar-refractivity contribution in [1.82, 2.24) is 4.90 Å². The molecule has 2 unspecified atom stereocenters. The first-order chi connectivity index (χ1) is 8.39. The summed E-state index contributed by atoms with van der Waals surface area (Å²) in [6.07, 6.45) is 5.09. The van der Waals surface area contributed by atoms with Gasteiger partial charge in [0.25, 0.3) is 0 Å². The first-order valence-corrected chi connectivity index (χ1v) is 7.36. The summed E-state index contributed by atoms with van der Waals surface area (Å²) >= 11 is 0. The molecule has 1 saturated carbocycles. The molecule has 0 radical (unpaired) electrons. The minimum absolute atomic E-state index is 0.241. The van der Waals surface area contributed by atoms with Gasteiger partial charge in [-0.3, -0.25) is 4.79 Å². The summed E-state index contributed by atoms with van der Waals surface area (Å²) in [5, 5.41) is 9.59. The van der Waals surface area contributed by atoms with Gasteiger partial charge in [0, 0.05) is 24.9 Å². The van der Waals surface area contributed by atoms with Crippen molar-refractivity contribution in [2.45, 2.75) is 59.0 Å². The number of carbonyl (C=O) groups is 1. The van der Waals surface area contributed by atoms with Crippen LogP contribution in [0.25, 0.3) is 0 Å². The molecule has 1 heterocycles. The number of aliphatic hydroxyl groups excluding tert-OH is 1. The summed E-state index contributed by atoms with van der Waals surface area (Å²) in [7, 11) is 0. The van der Waals surface area contributed by atoms with E-state index >= 15 is 0 Å². The van der Waals surface area contributed by atoms with Crippen molar-refractivity contribution in [3.63, 3.8) is 0 Å². The molecule has 0 spiro atoms. The van der Waals surface area contributed by atoms with E-state index in [-0.39, 0.29) is 17.9 Å². The second kappa shape index (κ2) is 5.20. The van der Waals surface area contributed by atoms with Crippen molar-refractivity contribution in [3.05, 3.63) is 0 Å². The Hall–Kier alpha value is -0.570. The average molecular weight is 253 g/mol. The highest BCUT2D eigenvalue weighted by Crippen LogP contribution is 2.39. The van der Waals surface area contributed by atoms with Gasteiger partial charge in [0.15, 0.2) is 0 Å². The topological polar surface area (TPSA) is 40.5 Å². The summed E-state index contributed by atoms with van der Waals surface area (Å²) in [6.45, 7) is 8.03. The fourth-order valence-corrected chi connectivity index (χ4v) is 3.29. The molecular weight excluding hydrogens is 226 g/mol. The van der Waals surface area contributed by atoms with E-state index in [9.17, 15) is 9.90 Å². The Bertz CT molecular complexity index is 298. The monoisotopic (exact) mass is 253 g/mol. The molecule has 1 aliphatic carbocycles. The second-order valence-electron chi connectivity index (χ2n) is 7.01. The number of likely N-dealkylation sites (tertiary alicyclic amines) is 1. The lowest BCUT2D eigenvalue weighted by Gasteiger charge is -2.35. The molecular formula is C15H27NO2. The van der Waals surface area contributed by atoms with Gasteiger partial charge in [0.05, 0.1) is 6.10 Å². The standard InChI is InChI=1S/C15H27NO2/c1-11(17)13-6-9-16(10-13)14(18)12-4-7-15(2,3)8-5-12/h11-13,17H,4-10H2,1-3H3. The summed E-state index contributed by atoms with van der Waals surface area (Å²) in [5.41, 5.74) is 0.421. The zero-order valence-electron chi connectivity index (χ0n) is 12.0. The molecule has 1 amide bonds. The molecule has 2 aliphatic rings.